The molecule has 0 radical (unpaired) electrons. The zero-order valence-electron chi connectivity index (χ0n) is 20.2. The van der Waals surface area contributed by atoms with Gasteiger partial charge < -0.3 is 4.43 Å². The summed E-state index contributed by atoms with van der Waals surface area (Å²) < 4.78 is 35.8. The Kier molecular flexibility index (Phi) is 5.88. The molecular weight excluding hydrogens is 446 g/mol. The van der Waals surface area contributed by atoms with Crippen molar-refractivity contribution in [2.24, 2.45) is 5.92 Å². The molecule has 1 aliphatic carbocycles. The third-order valence-corrected chi connectivity index (χ3v) is 15.6. The Balaban J connectivity index is 1.53. The summed E-state index contributed by atoms with van der Waals surface area (Å²) in [7, 11) is -5.90. The molecule has 0 bridgehead atoms. The van der Waals surface area contributed by atoms with Crippen LogP contribution in [0.5, 0.6) is 0 Å². The molecule has 1 saturated carbocycles. The van der Waals surface area contributed by atoms with Crippen LogP contribution in [0.1, 0.15) is 59.3 Å². The van der Waals surface area contributed by atoms with Gasteiger partial charge in [0.25, 0.3) is 8.32 Å². The highest BCUT2D eigenvalue weighted by Crippen LogP contribution is 2.54. The summed E-state index contributed by atoms with van der Waals surface area (Å²) in [4.78, 5) is 0. The molecule has 2 saturated heterocycles. The van der Waals surface area contributed by atoms with Crippen molar-refractivity contribution >= 4 is 28.7 Å². The third kappa shape index (κ3) is 3.65. The second-order valence-corrected chi connectivity index (χ2v) is 17.5. The number of rotatable bonds is 5. The molecule has 0 unspecified atom stereocenters. The van der Waals surface area contributed by atoms with Gasteiger partial charge in [0.05, 0.1) is 12.4 Å². The molecule has 6 heteroatoms. The third-order valence-electron chi connectivity index (χ3n) is 8.47. The summed E-state index contributed by atoms with van der Waals surface area (Å²) in [6, 6.07) is 21.2. The molecule has 178 valence electrons. The average Bonchev–Trinajstić information content (AvgIpc) is 3.27. The monoisotopic (exact) mass is 483 g/mol. The van der Waals surface area contributed by atoms with Crippen LogP contribution >= 0.6 is 0 Å². The van der Waals surface area contributed by atoms with E-state index in [1.165, 1.54) is 16.8 Å². The molecule has 0 amide bonds. The van der Waals surface area contributed by atoms with E-state index in [1.807, 2.05) is 4.31 Å². The highest BCUT2D eigenvalue weighted by Gasteiger charge is 2.62. The van der Waals surface area contributed by atoms with Crippen LogP contribution in [0.4, 0.5) is 0 Å². The molecule has 5 rings (SSSR count). The molecule has 33 heavy (non-hydrogen) atoms. The maximum absolute atomic E-state index is 13.4. The van der Waals surface area contributed by atoms with E-state index >= 15 is 0 Å². The number of hydrogen-bond donors (Lipinski definition) is 0. The maximum Gasteiger partial charge on any atom is 0.261 e. The number of nitrogens with zero attached hydrogens (tertiary/aromatic N) is 1. The predicted octanol–water partition coefficient (Wildman–Crippen LogP) is 4.30. The first-order valence-corrected chi connectivity index (χ1v) is 16.0. The van der Waals surface area contributed by atoms with Crippen molar-refractivity contribution in [3.8, 4) is 0 Å². The molecule has 3 aliphatic rings. The van der Waals surface area contributed by atoms with Gasteiger partial charge in [-0.1, -0.05) is 94.3 Å². The van der Waals surface area contributed by atoms with Gasteiger partial charge in [-0.3, -0.25) is 0 Å². The minimum absolute atomic E-state index is 0.0558. The molecule has 2 aliphatic heterocycles. The summed E-state index contributed by atoms with van der Waals surface area (Å²) in [6.07, 6.45) is 6.29. The van der Waals surface area contributed by atoms with Gasteiger partial charge in [0.15, 0.2) is 0 Å². The largest absolute Gasteiger partial charge is 0.406 e. The quantitative estimate of drug-likeness (QED) is 0.596. The maximum atomic E-state index is 13.4. The van der Waals surface area contributed by atoms with Gasteiger partial charge in [-0.15, -0.1) is 0 Å². The van der Waals surface area contributed by atoms with Gasteiger partial charge in [0.2, 0.25) is 10.0 Å². The van der Waals surface area contributed by atoms with Crippen LogP contribution in [0.15, 0.2) is 60.7 Å². The first kappa shape index (κ1) is 23.3. The average molecular weight is 484 g/mol. The van der Waals surface area contributed by atoms with Gasteiger partial charge in [-0.05, 0) is 47.0 Å². The summed E-state index contributed by atoms with van der Waals surface area (Å²) in [5.74, 6) is 0.636. The Morgan fingerprint density at radius 1 is 0.939 bits per heavy atom. The summed E-state index contributed by atoms with van der Waals surface area (Å²) in [5, 5.41) is 2.39. The van der Waals surface area contributed by atoms with Gasteiger partial charge in [-0.25, -0.2) is 8.42 Å². The lowest BCUT2D eigenvalue weighted by molar-refractivity contribution is 0.0997. The highest BCUT2D eigenvalue weighted by molar-refractivity contribution is 7.89. The molecule has 3 fully saturated rings. The lowest BCUT2D eigenvalue weighted by Gasteiger charge is -2.44. The fraction of sp³-hybridized carbons (Fsp3) is 0.556. The van der Waals surface area contributed by atoms with E-state index in [9.17, 15) is 8.42 Å². The van der Waals surface area contributed by atoms with Crippen LogP contribution < -0.4 is 10.4 Å². The first-order valence-electron chi connectivity index (χ1n) is 12.5. The smallest absolute Gasteiger partial charge is 0.261 e. The molecule has 2 aromatic carbocycles. The fourth-order valence-electron chi connectivity index (χ4n) is 7.13. The Morgan fingerprint density at radius 3 is 2.12 bits per heavy atom. The van der Waals surface area contributed by atoms with Crippen LogP contribution in [0, 0.1) is 5.92 Å². The van der Waals surface area contributed by atoms with E-state index in [0.717, 1.165) is 32.1 Å². The van der Waals surface area contributed by atoms with Crippen molar-refractivity contribution in [2.75, 3.05) is 12.4 Å². The SMILES string of the molecule is CC(C)(C)[Si](OC[C@H]1CC[C@]23CCCC[C@H]2CS(=O)(=O)N13)(c1ccccc1)c1ccccc1. The lowest BCUT2D eigenvalue weighted by Crippen LogP contribution is -2.67. The van der Waals surface area contributed by atoms with Crippen LogP contribution in [-0.2, 0) is 14.4 Å². The summed E-state index contributed by atoms with van der Waals surface area (Å²) in [6.45, 7) is 7.30. The van der Waals surface area contributed by atoms with Crippen LogP contribution in [-0.4, -0.2) is 45.0 Å². The second-order valence-electron chi connectivity index (χ2n) is 11.3. The van der Waals surface area contributed by atoms with Crippen LogP contribution in [0.25, 0.3) is 0 Å². The molecule has 4 nitrogen and oxygen atoms in total. The van der Waals surface area contributed by atoms with E-state index in [2.05, 4.69) is 81.4 Å². The van der Waals surface area contributed by atoms with E-state index in [1.54, 1.807) is 0 Å². The Hall–Kier alpha value is -1.47. The van der Waals surface area contributed by atoms with Gasteiger partial charge in [0.1, 0.15) is 0 Å². The van der Waals surface area contributed by atoms with Gasteiger partial charge in [0, 0.05) is 11.6 Å². The molecular formula is C27H37NO3SSi. The van der Waals surface area contributed by atoms with E-state index in [4.69, 9.17) is 4.43 Å². The molecule has 0 N–H and O–H groups in total. The van der Waals surface area contributed by atoms with Crippen molar-refractivity contribution in [1.82, 2.24) is 4.31 Å². The van der Waals surface area contributed by atoms with Gasteiger partial charge >= 0.3 is 0 Å². The summed E-state index contributed by atoms with van der Waals surface area (Å²) >= 11 is 0. The first-order chi connectivity index (χ1) is 15.7. The normalized spacial score (nSPS) is 29.5. The Bertz CT molecular complexity index is 1040. The topological polar surface area (TPSA) is 46.6 Å². The van der Waals surface area contributed by atoms with Crippen molar-refractivity contribution in [3.63, 3.8) is 0 Å². The number of sulfonamides is 1. The van der Waals surface area contributed by atoms with E-state index in [0.29, 0.717) is 18.3 Å². The minimum atomic E-state index is -3.23. The Labute approximate surface area is 200 Å². The zero-order valence-corrected chi connectivity index (χ0v) is 22.0. The molecule has 0 aromatic heterocycles. The van der Waals surface area contributed by atoms with Crippen molar-refractivity contribution < 1.29 is 12.8 Å². The van der Waals surface area contributed by atoms with Crippen LogP contribution in [0.2, 0.25) is 5.04 Å². The lowest BCUT2D eigenvalue weighted by atomic mass is 9.73. The zero-order chi connectivity index (χ0) is 23.3. The predicted molar refractivity (Wildman–Crippen MR) is 137 cm³/mol. The summed E-state index contributed by atoms with van der Waals surface area (Å²) in [5.41, 5.74) is -0.142. The van der Waals surface area contributed by atoms with Crippen molar-refractivity contribution in [2.45, 2.75) is 75.9 Å². The Morgan fingerprint density at radius 2 is 1.55 bits per heavy atom. The number of hydrogen-bond acceptors (Lipinski definition) is 3. The molecule has 2 aromatic rings. The van der Waals surface area contributed by atoms with Crippen molar-refractivity contribution in [1.29, 1.82) is 0 Å². The van der Waals surface area contributed by atoms with Gasteiger partial charge in [-0.2, -0.15) is 4.31 Å². The fourth-order valence-corrected chi connectivity index (χ4v) is 14.4. The second kappa shape index (κ2) is 8.33. The molecule has 3 atom stereocenters. The highest BCUT2D eigenvalue weighted by atomic mass is 32.2. The minimum Gasteiger partial charge on any atom is -0.406 e. The standard InChI is InChI=1S/C27H37NO3SSi/c1-26(2,3)33(24-13-6-4-7-14-24,25-15-8-5-9-16-25)31-20-23-17-19-27-18-11-10-12-22(27)21-32(29,30)28(23)27/h4-9,13-16,22-23H,10-12,17-21H2,1-3H3/t22-,23+,27+/m0/s1. The number of benzene rings is 2. The van der Waals surface area contributed by atoms with Crippen LogP contribution in [0.3, 0.4) is 0 Å². The van der Waals surface area contributed by atoms with E-state index in [-0.39, 0.29) is 16.6 Å². The van der Waals surface area contributed by atoms with Crippen molar-refractivity contribution in [3.05, 3.63) is 60.7 Å². The molecule has 1 spiro atoms. The molecule has 2 heterocycles. The van der Waals surface area contributed by atoms with E-state index < -0.39 is 18.3 Å².